The van der Waals surface area contributed by atoms with Crippen LogP contribution in [0.2, 0.25) is 0 Å². The highest BCUT2D eigenvalue weighted by atomic mass is 16.5. The van der Waals surface area contributed by atoms with Crippen LogP contribution in [0.25, 0.3) is 10.9 Å². The molecule has 1 N–H and O–H groups in total. The number of nitrogens with zero attached hydrogens (tertiary/aromatic N) is 3. The van der Waals surface area contributed by atoms with Crippen molar-refractivity contribution < 1.29 is 19.1 Å². The van der Waals surface area contributed by atoms with E-state index in [9.17, 15) is 14.4 Å². The van der Waals surface area contributed by atoms with Crippen LogP contribution in [0, 0.1) is 0 Å². The van der Waals surface area contributed by atoms with Crippen molar-refractivity contribution in [2.24, 2.45) is 0 Å². The summed E-state index contributed by atoms with van der Waals surface area (Å²) in [6, 6.07) is 19.0. The van der Waals surface area contributed by atoms with E-state index in [0.29, 0.717) is 54.8 Å². The number of methoxy groups -OCH3 is 1. The molecule has 8 nitrogen and oxygen atoms in total. The molecule has 182 valence electrons. The predicted octanol–water partition coefficient (Wildman–Crippen LogP) is 3.33. The number of aromatic nitrogens is 2. The maximum absolute atomic E-state index is 13.3. The van der Waals surface area contributed by atoms with Crippen molar-refractivity contribution in [3.63, 3.8) is 0 Å². The maximum Gasteiger partial charge on any atom is 0.295 e. The van der Waals surface area contributed by atoms with Crippen molar-refractivity contribution in [1.29, 1.82) is 0 Å². The molecule has 2 aromatic carbocycles. The van der Waals surface area contributed by atoms with Crippen LogP contribution < -0.4 is 4.74 Å². The van der Waals surface area contributed by atoms with Gasteiger partial charge >= 0.3 is 0 Å². The average molecular weight is 483 g/mol. The molecule has 0 radical (unpaired) electrons. The van der Waals surface area contributed by atoms with Gasteiger partial charge in [-0.15, -0.1) is 0 Å². The van der Waals surface area contributed by atoms with Gasteiger partial charge in [0.25, 0.3) is 17.6 Å². The number of pyridine rings is 1. The fourth-order valence-electron chi connectivity index (χ4n) is 4.56. The summed E-state index contributed by atoms with van der Waals surface area (Å²) in [6.07, 6.45) is 3.71. The van der Waals surface area contributed by atoms with Crippen molar-refractivity contribution in [2.45, 2.75) is 6.42 Å². The first-order chi connectivity index (χ1) is 17.6. The van der Waals surface area contributed by atoms with Crippen molar-refractivity contribution in [3.8, 4) is 5.75 Å². The number of aromatic amines is 1. The minimum atomic E-state index is -0.612. The van der Waals surface area contributed by atoms with Crippen molar-refractivity contribution in [2.75, 3.05) is 33.3 Å². The monoisotopic (exact) mass is 482 g/mol. The second kappa shape index (κ2) is 10.0. The highest BCUT2D eigenvalue weighted by Crippen LogP contribution is 2.31. The fourth-order valence-corrected chi connectivity index (χ4v) is 4.56. The molecule has 0 unspecified atom stereocenters. The van der Waals surface area contributed by atoms with Gasteiger partial charge in [0, 0.05) is 44.4 Å². The van der Waals surface area contributed by atoms with Gasteiger partial charge in [-0.1, -0.05) is 48.5 Å². The molecule has 0 atom stereocenters. The summed E-state index contributed by atoms with van der Waals surface area (Å²) < 4.78 is 5.49. The third-order valence-corrected chi connectivity index (χ3v) is 6.50. The third-order valence-electron chi connectivity index (χ3n) is 6.50. The van der Waals surface area contributed by atoms with Crippen LogP contribution in [0.15, 0.2) is 73.1 Å². The van der Waals surface area contributed by atoms with Crippen LogP contribution in [0.3, 0.4) is 0 Å². The van der Waals surface area contributed by atoms with E-state index in [1.54, 1.807) is 29.4 Å². The molecule has 3 heterocycles. The molecule has 1 aliphatic heterocycles. The summed E-state index contributed by atoms with van der Waals surface area (Å²) in [5.74, 6) is -0.850. The number of rotatable bonds is 6. The highest BCUT2D eigenvalue weighted by molar-refractivity contribution is 6.45. The molecule has 2 aromatic heterocycles. The van der Waals surface area contributed by atoms with E-state index in [-0.39, 0.29) is 11.5 Å². The Morgan fingerprint density at radius 2 is 1.56 bits per heavy atom. The molecule has 5 rings (SSSR count). The summed E-state index contributed by atoms with van der Waals surface area (Å²) in [5, 5.41) is 0.551. The van der Waals surface area contributed by atoms with Gasteiger partial charge in [0.05, 0.1) is 35.5 Å². The number of fused-ring (bicyclic) bond motifs is 1. The Morgan fingerprint density at radius 3 is 2.22 bits per heavy atom. The standard InChI is InChI=1S/C28H26N4O4/c1-36-23-18-29-22(16-19-8-4-2-5-9-19)25-24(23)21(17-30-25)26(33)28(35)32-14-12-31(13-15-32)27(34)20-10-6-3-7-11-20/h2-11,17-18,30H,12-16H2,1H3. The van der Waals surface area contributed by atoms with E-state index in [1.807, 2.05) is 48.5 Å². The number of hydrogen-bond acceptors (Lipinski definition) is 5. The molecule has 4 aromatic rings. The number of carbonyl (C=O) groups excluding carboxylic acids is 3. The molecule has 0 aliphatic carbocycles. The molecule has 0 spiro atoms. The second-order valence-electron chi connectivity index (χ2n) is 8.67. The van der Waals surface area contributed by atoms with Gasteiger partial charge in [-0.05, 0) is 17.7 Å². The topological polar surface area (TPSA) is 95.6 Å². The van der Waals surface area contributed by atoms with E-state index < -0.39 is 11.7 Å². The van der Waals surface area contributed by atoms with Crippen LogP contribution in [0.1, 0.15) is 32.0 Å². The zero-order valence-electron chi connectivity index (χ0n) is 19.9. The van der Waals surface area contributed by atoms with Gasteiger partial charge in [-0.3, -0.25) is 19.4 Å². The molecule has 1 aliphatic rings. The third kappa shape index (κ3) is 4.45. The fraction of sp³-hybridized carbons (Fsp3) is 0.214. The van der Waals surface area contributed by atoms with Crippen LogP contribution in [0.5, 0.6) is 5.75 Å². The molecule has 0 bridgehead atoms. The van der Waals surface area contributed by atoms with Gasteiger partial charge in [-0.25, -0.2) is 0 Å². The number of ether oxygens (including phenoxy) is 1. The lowest BCUT2D eigenvalue weighted by Gasteiger charge is -2.34. The van der Waals surface area contributed by atoms with Gasteiger partial charge in [0.1, 0.15) is 5.75 Å². The predicted molar refractivity (Wildman–Crippen MR) is 135 cm³/mol. The summed E-state index contributed by atoms with van der Waals surface area (Å²) in [5.41, 5.74) is 3.38. The van der Waals surface area contributed by atoms with E-state index >= 15 is 0 Å². The molecule has 1 fully saturated rings. The number of piperazine rings is 1. The first-order valence-electron chi connectivity index (χ1n) is 11.8. The van der Waals surface area contributed by atoms with E-state index in [2.05, 4.69) is 9.97 Å². The van der Waals surface area contributed by atoms with Gasteiger partial charge in [0.2, 0.25) is 0 Å². The number of carbonyl (C=O) groups is 3. The first kappa shape index (κ1) is 23.3. The molecule has 8 heteroatoms. The smallest absolute Gasteiger partial charge is 0.295 e. The molecular formula is C28H26N4O4. The van der Waals surface area contributed by atoms with Gasteiger partial charge in [0.15, 0.2) is 0 Å². The summed E-state index contributed by atoms with van der Waals surface area (Å²) >= 11 is 0. The SMILES string of the molecule is COc1cnc(Cc2ccccc2)c2[nH]cc(C(=O)C(=O)N3CCN(C(=O)c4ccccc4)CC3)c12. The van der Waals surface area contributed by atoms with E-state index in [1.165, 1.54) is 12.0 Å². The van der Waals surface area contributed by atoms with Crippen LogP contribution in [-0.4, -0.2) is 70.7 Å². The van der Waals surface area contributed by atoms with Gasteiger partial charge < -0.3 is 19.5 Å². The highest BCUT2D eigenvalue weighted by Gasteiger charge is 2.31. The number of H-pyrrole nitrogens is 1. The van der Waals surface area contributed by atoms with E-state index in [0.717, 1.165) is 11.3 Å². The number of ketones is 1. The Bertz CT molecular complexity index is 1410. The Labute approximate surface area is 208 Å². The number of benzene rings is 2. The minimum absolute atomic E-state index is 0.0752. The number of Topliss-reactive ketones (excluding diaryl/α,β-unsaturated/α-hetero) is 1. The Kier molecular flexibility index (Phi) is 6.49. The quantitative estimate of drug-likeness (QED) is 0.336. The van der Waals surface area contributed by atoms with Crippen molar-refractivity contribution in [1.82, 2.24) is 19.8 Å². The Balaban J connectivity index is 1.34. The van der Waals surface area contributed by atoms with Crippen LogP contribution >= 0.6 is 0 Å². The minimum Gasteiger partial charge on any atom is -0.494 e. The molecule has 0 saturated carbocycles. The second-order valence-corrected chi connectivity index (χ2v) is 8.67. The lowest BCUT2D eigenvalue weighted by atomic mass is 10.0. The molecule has 36 heavy (non-hydrogen) atoms. The van der Waals surface area contributed by atoms with Crippen molar-refractivity contribution >= 4 is 28.5 Å². The maximum atomic E-state index is 13.3. The zero-order valence-corrected chi connectivity index (χ0v) is 19.9. The largest absolute Gasteiger partial charge is 0.494 e. The first-order valence-corrected chi connectivity index (χ1v) is 11.8. The van der Waals surface area contributed by atoms with Gasteiger partial charge in [-0.2, -0.15) is 0 Å². The number of nitrogens with one attached hydrogen (secondary N) is 1. The molecule has 2 amide bonds. The van der Waals surface area contributed by atoms with Crippen LogP contribution in [-0.2, 0) is 11.2 Å². The summed E-state index contributed by atoms with van der Waals surface area (Å²) in [6.45, 7) is 1.33. The summed E-state index contributed by atoms with van der Waals surface area (Å²) in [7, 11) is 1.51. The van der Waals surface area contributed by atoms with E-state index in [4.69, 9.17) is 4.74 Å². The van der Waals surface area contributed by atoms with Crippen molar-refractivity contribution in [3.05, 3.63) is 95.4 Å². The molecular weight excluding hydrogens is 456 g/mol. The molecule has 1 saturated heterocycles. The zero-order chi connectivity index (χ0) is 25.1. The lowest BCUT2D eigenvalue weighted by molar-refractivity contribution is -0.127. The Hall–Kier alpha value is -4.46. The Morgan fingerprint density at radius 1 is 0.917 bits per heavy atom. The lowest BCUT2D eigenvalue weighted by Crippen LogP contribution is -2.52. The van der Waals surface area contributed by atoms with Crippen LogP contribution in [0.4, 0.5) is 0 Å². The number of amides is 2. The normalized spacial score (nSPS) is 13.6. The summed E-state index contributed by atoms with van der Waals surface area (Å²) in [4.78, 5) is 50.1. The average Bonchev–Trinajstić information content (AvgIpc) is 3.39. The number of hydrogen-bond donors (Lipinski definition) is 1.